The SMILES string of the molecule is COc1ccc(CNc2ccc(NC(=O)Cc3c[nH]c4ccccc34)nc2)cc1. The van der Waals surface area contributed by atoms with E-state index < -0.39 is 0 Å². The van der Waals surface area contributed by atoms with Crippen LogP contribution in [0.5, 0.6) is 5.75 Å². The molecule has 0 aliphatic heterocycles. The molecule has 0 unspecified atom stereocenters. The lowest BCUT2D eigenvalue weighted by molar-refractivity contribution is -0.115. The Morgan fingerprint density at radius 2 is 1.90 bits per heavy atom. The van der Waals surface area contributed by atoms with Crippen molar-refractivity contribution in [2.75, 3.05) is 17.7 Å². The van der Waals surface area contributed by atoms with Crippen LogP contribution in [-0.2, 0) is 17.8 Å². The third kappa shape index (κ3) is 4.55. The number of pyridine rings is 1. The van der Waals surface area contributed by atoms with Crippen LogP contribution in [0.25, 0.3) is 10.9 Å². The van der Waals surface area contributed by atoms with E-state index in [1.54, 1.807) is 19.4 Å². The van der Waals surface area contributed by atoms with Crippen LogP contribution in [0.2, 0.25) is 0 Å². The molecule has 0 spiro atoms. The van der Waals surface area contributed by atoms with Gasteiger partial charge in [-0.1, -0.05) is 30.3 Å². The van der Waals surface area contributed by atoms with E-state index in [1.807, 2.05) is 60.8 Å². The largest absolute Gasteiger partial charge is 0.497 e. The van der Waals surface area contributed by atoms with Gasteiger partial charge in [-0.15, -0.1) is 0 Å². The van der Waals surface area contributed by atoms with E-state index in [1.165, 1.54) is 0 Å². The number of hydrogen-bond acceptors (Lipinski definition) is 4. The summed E-state index contributed by atoms with van der Waals surface area (Å²) >= 11 is 0. The topological polar surface area (TPSA) is 79.0 Å². The number of carbonyl (C=O) groups excluding carboxylic acids is 1. The fourth-order valence-electron chi connectivity index (χ4n) is 3.16. The van der Waals surface area contributed by atoms with Crippen molar-refractivity contribution in [3.8, 4) is 5.75 Å². The number of H-pyrrole nitrogens is 1. The van der Waals surface area contributed by atoms with Gasteiger partial charge in [-0.2, -0.15) is 0 Å². The minimum Gasteiger partial charge on any atom is -0.497 e. The van der Waals surface area contributed by atoms with Crippen LogP contribution in [0.3, 0.4) is 0 Å². The first kappa shape index (κ1) is 18.6. The zero-order valence-electron chi connectivity index (χ0n) is 16.1. The molecule has 0 radical (unpaired) electrons. The number of ether oxygens (including phenoxy) is 1. The molecule has 0 fully saturated rings. The maximum atomic E-state index is 12.4. The number of benzene rings is 2. The van der Waals surface area contributed by atoms with Crippen LogP contribution in [0.15, 0.2) is 73.1 Å². The lowest BCUT2D eigenvalue weighted by Gasteiger charge is -2.08. The van der Waals surface area contributed by atoms with Gasteiger partial charge in [0.2, 0.25) is 5.91 Å². The highest BCUT2D eigenvalue weighted by molar-refractivity contribution is 5.95. The number of aromatic amines is 1. The molecule has 146 valence electrons. The van der Waals surface area contributed by atoms with Crippen molar-refractivity contribution in [2.45, 2.75) is 13.0 Å². The van der Waals surface area contributed by atoms with Gasteiger partial charge in [0.05, 0.1) is 25.4 Å². The maximum Gasteiger partial charge on any atom is 0.230 e. The van der Waals surface area contributed by atoms with E-state index in [2.05, 4.69) is 20.6 Å². The minimum atomic E-state index is -0.0961. The molecule has 0 saturated heterocycles. The summed E-state index contributed by atoms with van der Waals surface area (Å²) in [7, 11) is 1.65. The van der Waals surface area contributed by atoms with E-state index in [0.717, 1.165) is 33.5 Å². The van der Waals surface area contributed by atoms with Gasteiger partial charge < -0.3 is 20.4 Å². The number of fused-ring (bicyclic) bond motifs is 1. The predicted octanol–water partition coefficient (Wildman–Crippen LogP) is 4.36. The van der Waals surface area contributed by atoms with E-state index in [4.69, 9.17) is 4.74 Å². The molecule has 6 nitrogen and oxygen atoms in total. The number of hydrogen-bond donors (Lipinski definition) is 3. The van der Waals surface area contributed by atoms with E-state index in [9.17, 15) is 4.79 Å². The first-order valence-electron chi connectivity index (χ1n) is 9.39. The third-order valence-electron chi connectivity index (χ3n) is 4.71. The molecule has 0 bridgehead atoms. The average molecular weight is 386 g/mol. The fourth-order valence-corrected chi connectivity index (χ4v) is 3.16. The summed E-state index contributed by atoms with van der Waals surface area (Å²) in [5.74, 6) is 1.27. The van der Waals surface area contributed by atoms with E-state index in [-0.39, 0.29) is 5.91 Å². The zero-order chi connectivity index (χ0) is 20.1. The Morgan fingerprint density at radius 1 is 1.07 bits per heavy atom. The fraction of sp³-hybridized carbons (Fsp3) is 0.130. The van der Waals surface area contributed by atoms with Gasteiger partial charge >= 0.3 is 0 Å². The van der Waals surface area contributed by atoms with Crippen molar-refractivity contribution in [1.82, 2.24) is 9.97 Å². The summed E-state index contributed by atoms with van der Waals surface area (Å²) in [6.45, 7) is 0.679. The lowest BCUT2D eigenvalue weighted by atomic mass is 10.1. The van der Waals surface area contributed by atoms with Crippen LogP contribution in [0.1, 0.15) is 11.1 Å². The van der Waals surface area contributed by atoms with Gasteiger partial charge in [0.25, 0.3) is 0 Å². The second kappa shape index (κ2) is 8.48. The molecule has 2 heterocycles. The Kier molecular flexibility index (Phi) is 5.42. The molecule has 2 aromatic heterocycles. The molecule has 4 aromatic rings. The van der Waals surface area contributed by atoms with Crippen molar-refractivity contribution >= 4 is 28.3 Å². The van der Waals surface area contributed by atoms with Gasteiger partial charge in [0.1, 0.15) is 11.6 Å². The Balaban J connectivity index is 1.32. The van der Waals surface area contributed by atoms with Crippen molar-refractivity contribution in [1.29, 1.82) is 0 Å². The van der Waals surface area contributed by atoms with Crippen LogP contribution >= 0.6 is 0 Å². The Morgan fingerprint density at radius 3 is 2.66 bits per heavy atom. The molecule has 6 heteroatoms. The molecule has 3 N–H and O–H groups in total. The zero-order valence-corrected chi connectivity index (χ0v) is 16.1. The highest BCUT2D eigenvalue weighted by atomic mass is 16.5. The second-order valence-electron chi connectivity index (χ2n) is 6.72. The molecule has 0 aliphatic rings. The molecular weight excluding hydrogens is 364 g/mol. The van der Waals surface area contributed by atoms with Crippen LogP contribution < -0.4 is 15.4 Å². The van der Waals surface area contributed by atoms with Crippen LogP contribution in [0, 0.1) is 0 Å². The van der Waals surface area contributed by atoms with Gasteiger partial charge in [-0.05, 0) is 41.5 Å². The Bertz CT molecular complexity index is 1100. The summed E-state index contributed by atoms with van der Waals surface area (Å²) < 4.78 is 5.16. The summed E-state index contributed by atoms with van der Waals surface area (Å²) in [5, 5.41) is 7.23. The highest BCUT2D eigenvalue weighted by Crippen LogP contribution is 2.19. The average Bonchev–Trinajstić information content (AvgIpc) is 3.16. The molecule has 4 rings (SSSR count). The van der Waals surface area contributed by atoms with E-state index >= 15 is 0 Å². The monoisotopic (exact) mass is 386 g/mol. The van der Waals surface area contributed by atoms with Crippen molar-refractivity contribution in [2.24, 2.45) is 0 Å². The summed E-state index contributed by atoms with van der Waals surface area (Å²) in [5.41, 5.74) is 4.02. The normalized spacial score (nSPS) is 10.7. The molecule has 1 amide bonds. The molecule has 29 heavy (non-hydrogen) atoms. The minimum absolute atomic E-state index is 0.0961. The van der Waals surface area contributed by atoms with Gasteiger partial charge in [0.15, 0.2) is 0 Å². The molecule has 0 saturated carbocycles. The van der Waals surface area contributed by atoms with E-state index in [0.29, 0.717) is 18.8 Å². The number of carbonyl (C=O) groups is 1. The molecule has 0 aliphatic carbocycles. The van der Waals surface area contributed by atoms with Gasteiger partial charge in [-0.3, -0.25) is 4.79 Å². The molecule has 2 aromatic carbocycles. The van der Waals surface area contributed by atoms with Crippen LogP contribution in [0.4, 0.5) is 11.5 Å². The standard InChI is InChI=1S/C23H22N4O2/c1-29-19-9-6-16(7-10-19)13-24-18-8-11-22(26-15-18)27-23(28)12-17-14-25-21-5-3-2-4-20(17)21/h2-11,14-15,24-25H,12-13H2,1H3,(H,26,27,28). The highest BCUT2D eigenvalue weighted by Gasteiger charge is 2.09. The van der Waals surface area contributed by atoms with Crippen LogP contribution in [-0.4, -0.2) is 23.0 Å². The first-order valence-corrected chi connectivity index (χ1v) is 9.39. The number of nitrogens with zero attached hydrogens (tertiary/aromatic N) is 1. The predicted molar refractivity (Wildman–Crippen MR) is 115 cm³/mol. The quantitative estimate of drug-likeness (QED) is 0.441. The number of nitrogens with one attached hydrogen (secondary N) is 3. The lowest BCUT2D eigenvalue weighted by Crippen LogP contribution is -2.15. The van der Waals surface area contributed by atoms with Crippen molar-refractivity contribution in [3.05, 3.63) is 84.2 Å². The van der Waals surface area contributed by atoms with Gasteiger partial charge in [0, 0.05) is 23.6 Å². The second-order valence-corrected chi connectivity index (χ2v) is 6.72. The van der Waals surface area contributed by atoms with Crippen molar-refractivity contribution in [3.63, 3.8) is 0 Å². The number of para-hydroxylation sites is 1. The maximum absolute atomic E-state index is 12.4. The number of aromatic nitrogens is 2. The Labute approximate surface area is 168 Å². The smallest absolute Gasteiger partial charge is 0.230 e. The number of rotatable bonds is 7. The summed E-state index contributed by atoms with van der Waals surface area (Å²) in [6, 6.07) is 19.5. The number of amides is 1. The summed E-state index contributed by atoms with van der Waals surface area (Å²) in [4.78, 5) is 19.9. The third-order valence-corrected chi connectivity index (χ3v) is 4.71. The Hall–Kier alpha value is -3.80. The first-order chi connectivity index (χ1) is 14.2. The number of anilines is 2. The summed E-state index contributed by atoms with van der Waals surface area (Å²) in [6.07, 6.45) is 3.89. The number of methoxy groups -OCH3 is 1. The van der Waals surface area contributed by atoms with Crippen molar-refractivity contribution < 1.29 is 9.53 Å². The molecule has 0 atom stereocenters. The molecular formula is C23H22N4O2. The van der Waals surface area contributed by atoms with Gasteiger partial charge in [-0.25, -0.2) is 4.98 Å².